The first-order valence-electron chi connectivity index (χ1n) is 4.93. The van der Waals surface area contributed by atoms with Crippen molar-refractivity contribution in [2.75, 3.05) is 0 Å². The Morgan fingerprint density at radius 1 is 1.50 bits per heavy atom. The van der Waals surface area contributed by atoms with Crippen LogP contribution in [0.25, 0.3) is 0 Å². The number of hydrogen-bond donors (Lipinski definition) is 1. The third-order valence-electron chi connectivity index (χ3n) is 2.25. The van der Waals surface area contributed by atoms with E-state index in [9.17, 15) is 4.79 Å². The molecule has 0 spiro atoms. The molecule has 18 heavy (non-hydrogen) atoms. The van der Waals surface area contributed by atoms with Crippen molar-refractivity contribution >= 4 is 39.4 Å². The van der Waals surface area contributed by atoms with Gasteiger partial charge in [-0.1, -0.05) is 11.2 Å². The molecule has 1 aromatic carbocycles. The summed E-state index contributed by atoms with van der Waals surface area (Å²) >= 11 is 7.61. The lowest BCUT2D eigenvalue weighted by Crippen LogP contribution is -2.05. The third-order valence-corrected chi connectivity index (χ3v) is 3.46. The number of ether oxygens (including phenoxy) is 1. The van der Waals surface area contributed by atoms with Gasteiger partial charge in [0.15, 0.2) is 0 Å². The van der Waals surface area contributed by atoms with Gasteiger partial charge in [-0.25, -0.2) is 0 Å². The smallest absolute Gasteiger partial charge is 0.252 e. The van der Waals surface area contributed by atoms with Gasteiger partial charge in [0.1, 0.15) is 6.61 Å². The zero-order valence-electron chi connectivity index (χ0n) is 9.01. The van der Waals surface area contributed by atoms with Crippen molar-refractivity contribution in [3.63, 3.8) is 0 Å². The van der Waals surface area contributed by atoms with Gasteiger partial charge in [0, 0.05) is 20.8 Å². The minimum Gasteiger partial charge on any atom is -0.472 e. The van der Waals surface area contributed by atoms with E-state index in [2.05, 4.69) is 27.7 Å². The summed E-state index contributed by atoms with van der Waals surface area (Å²) in [6, 6.07) is 6.76. The molecule has 0 aliphatic rings. The topological polar surface area (TPSA) is 64.3 Å². The summed E-state index contributed by atoms with van der Waals surface area (Å²) in [5.74, 6) is 0.269. The molecule has 0 saturated heterocycles. The average molecular weight is 379 g/mol. The van der Waals surface area contributed by atoms with Gasteiger partial charge in [-0.05, 0) is 46.3 Å². The molecule has 0 radical (unpaired) electrons. The Kier molecular flexibility index (Phi) is 4.07. The Labute approximate surface area is 121 Å². The van der Waals surface area contributed by atoms with Crippen molar-refractivity contribution in [1.29, 1.82) is 0 Å². The monoisotopic (exact) mass is 378 g/mol. The second kappa shape index (κ2) is 5.57. The summed E-state index contributed by atoms with van der Waals surface area (Å²) in [5.41, 5.74) is 1.11. The van der Waals surface area contributed by atoms with E-state index >= 15 is 0 Å². The van der Waals surface area contributed by atoms with Gasteiger partial charge in [-0.2, -0.15) is 0 Å². The number of benzene rings is 1. The fourth-order valence-corrected chi connectivity index (χ4v) is 2.24. The van der Waals surface area contributed by atoms with E-state index in [1.165, 1.54) is 12.3 Å². The second-order valence-corrected chi connectivity index (χ2v) is 4.91. The molecule has 1 N–H and O–H groups in total. The molecule has 7 heteroatoms. The van der Waals surface area contributed by atoms with Crippen molar-refractivity contribution < 1.29 is 14.7 Å². The van der Waals surface area contributed by atoms with Crippen LogP contribution in [-0.4, -0.2) is 20.4 Å². The summed E-state index contributed by atoms with van der Waals surface area (Å²) in [4.78, 5) is 11.9. The zero-order chi connectivity index (χ0) is 13.1. The number of hydrogen-bond acceptors (Lipinski definition) is 4. The van der Waals surface area contributed by atoms with Crippen LogP contribution in [0.3, 0.4) is 0 Å². The molecule has 94 valence electrons. The maximum atomic E-state index is 11.3. The molecular formula is C11H8ClIN2O3. The van der Waals surface area contributed by atoms with Crippen LogP contribution in [0.2, 0.25) is 0 Å². The maximum Gasteiger partial charge on any atom is 0.252 e. The molecule has 0 aliphatic carbocycles. The fourth-order valence-electron chi connectivity index (χ4n) is 1.41. The van der Waals surface area contributed by atoms with Gasteiger partial charge in [0.25, 0.3) is 5.24 Å². The van der Waals surface area contributed by atoms with E-state index < -0.39 is 5.24 Å². The highest BCUT2D eigenvalue weighted by molar-refractivity contribution is 14.1. The van der Waals surface area contributed by atoms with Gasteiger partial charge in [0.05, 0.1) is 6.20 Å². The van der Waals surface area contributed by atoms with Crippen LogP contribution in [0, 0.1) is 3.57 Å². The van der Waals surface area contributed by atoms with Gasteiger partial charge >= 0.3 is 0 Å². The molecule has 0 fully saturated rings. The maximum absolute atomic E-state index is 11.3. The van der Waals surface area contributed by atoms with Crippen LogP contribution in [0.5, 0.6) is 5.88 Å². The van der Waals surface area contributed by atoms with Crippen molar-refractivity contribution in [3.8, 4) is 5.88 Å². The van der Waals surface area contributed by atoms with Crippen LogP contribution >= 0.6 is 34.2 Å². The molecule has 1 heterocycles. The Balaban J connectivity index is 2.20. The molecular weight excluding hydrogens is 370 g/mol. The van der Waals surface area contributed by atoms with Crippen LogP contribution < -0.4 is 4.74 Å². The van der Waals surface area contributed by atoms with Gasteiger partial charge < -0.3 is 9.94 Å². The highest BCUT2D eigenvalue weighted by Gasteiger charge is 2.13. The first kappa shape index (κ1) is 13.2. The predicted octanol–water partition coefficient (Wildman–Crippen LogP) is 2.68. The molecule has 0 atom stereocenters. The number of rotatable bonds is 4. The Bertz CT molecular complexity index is 585. The summed E-state index contributed by atoms with van der Waals surface area (Å²) < 4.78 is 6.25. The molecule has 0 bridgehead atoms. The number of nitrogens with zero attached hydrogens (tertiary/aromatic N) is 2. The molecule has 2 aromatic rings. The highest BCUT2D eigenvalue weighted by atomic mass is 127. The van der Waals surface area contributed by atoms with Gasteiger partial charge in [-0.3, -0.25) is 4.79 Å². The van der Waals surface area contributed by atoms with E-state index in [1.807, 2.05) is 6.07 Å². The second-order valence-electron chi connectivity index (χ2n) is 3.40. The summed E-state index contributed by atoms with van der Waals surface area (Å²) in [5, 5.41) is 12.1. The van der Waals surface area contributed by atoms with Crippen LogP contribution in [0.1, 0.15) is 15.9 Å². The van der Waals surface area contributed by atoms with Crippen molar-refractivity contribution in [1.82, 2.24) is 9.94 Å². The number of aromatic nitrogens is 2. The van der Waals surface area contributed by atoms with Crippen molar-refractivity contribution in [2.45, 2.75) is 6.61 Å². The highest BCUT2D eigenvalue weighted by Crippen LogP contribution is 2.20. The van der Waals surface area contributed by atoms with Crippen LogP contribution in [-0.2, 0) is 6.61 Å². The van der Waals surface area contributed by atoms with Gasteiger partial charge in [0.2, 0.25) is 5.88 Å². The lowest BCUT2D eigenvalue weighted by atomic mass is 10.1. The molecule has 0 amide bonds. The molecule has 2 rings (SSSR count). The van der Waals surface area contributed by atoms with E-state index in [0.29, 0.717) is 16.0 Å². The van der Waals surface area contributed by atoms with E-state index in [4.69, 9.17) is 21.5 Å². The molecule has 5 nitrogen and oxygen atoms in total. The van der Waals surface area contributed by atoms with Crippen molar-refractivity contribution in [3.05, 3.63) is 45.2 Å². The van der Waals surface area contributed by atoms with Crippen molar-refractivity contribution in [2.24, 2.45) is 0 Å². The summed E-state index contributed by atoms with van der Waals surface area (Å²) in [6.45, 7) is 0.157. The van der Waals surface area contributed by atoms with Crippen LogP contribution in [0.15, 0.2) is 30.5 Å². The van der Waals surface area contributed by atoms with Gasteiger partial charge in [-0.15, -0.1) is 4.85 Å². The van der Waals surface area contributed by atoms with E-state index in [1.54, 1.807) is 12.1 Å². The number of carbonyl (C=O) groups excluding carboxylic acids is 1. The first-order chi connectivity index (χ1) is 8.58. The normalized spacial score (nSPS) is 10.3. The Morgan fingerprint density at radius 3 is 2.89 bits per heavy atom. The average Bonchev–Trinajstić information content (AvgIpc) is 2.73. The Hall–Kier alpha value is -1.28. The minimum absolute atomic E-state index is 0.157. The zero-order valence-corrected chi connectivity index (χ0v) is 11.9. The lowest BCUT2D eigenvalue weighted by molar-refractivity contribution is 0.107. The molecule has 0 unspecified atom stereocenters. The SMILES string of the molecule is O=C(Cl)c1cccc(I)c1COc1ccn(O)n1. The fraction of sp³-hybridized carbons (Fsp3) is 0.0909. The minimum atomic E-state index is -0.528. The van der Waals surface area contributed by atoms with E-state index in [-0.39, 0.29) is 12.5 Å². The van der Waals surface area contributed by atoms with E-state index in [0.717, 1.165) is 3.57 Å². The third kappa shape index (κ3) is 2.94. The quantitative estimate of drug-likeness (QED) is 0.505. The predicted molar refractivity (Wildman–Crippen MR) is 73.1 cm³/mol. The van der Waals surface area contributed by atoms with Crippen LogP contribution in [0.4, 0.5) is 0 Å². The number of halogens is 2. The molecule has 1 aromatic heterocycles. The standard InChI is InChI=1S/C11H8ClIN2O3/c12-11(16)7-2-1-3-9(13)8(7)6-18-10-4-5-15(17)14-10/h1-5,17H,6H2. The molecule has 0 aliphatic heterocycles. The lowest BCUT2D eigenvalue weighted by Gasteiger charge is -2.08. The molecule has 0 saturated carbocycles. The summed E-state index contributed by atoms with van der Waals surface area (Å²) in [7, 11) is 0. The first-order valence-corrected chi connectivity index (χ1v) is 6.38. The summed E-state index contributed by atoms with van der Waals surface area (Å²) in [6.07, 6.45) is 1.35. The Morgan fingerprint density at radius 2 is 2.28 bits per heavy atom. The largest absolute Gasteiger partial charge is 0.472 e. The number of carbonyl (C=O) groups is 1.